The van der Waals surface area contributed by atoms with Crippen LogP contribution in [0.5, 0.6) is 0 Å². The topological polar surface area (TPSA) is 68.3 Å². The number of furan rings is 1. The molecule has 0 saturated heterocycles. The van der Waals surface area contributed by atoms with Crippen LogP contribution in [0, 0.1) is 6.92 Å². The van der Waals surface area contributed by atoms with Crippen molar-refractivity contribution in [3.63, 3.8) is 0 Å². The van der Waals surface area contributed by atoms with Crippen molar-refractivity contribution >= 4 is 23.4 Å². The summed E-state index contributed by atoms with van der Waals surface area (Å²) >= 11 is 1.44. The van der Waals surface area contributed by atoms with Crippen LogP contribution in [-0.4, -0.2) is 11.7 Å². The molecule has 0 fully saturated rings. The summed E-state index contributed by atoms with van der Waals surface area (Å²) in [5.74, 6) is 1.05. The Kier molecular flexibility index (Phi) is 4.52. The first-order valence-corrected chi connectivity index (χ1v) is 6.92. The van der Waals surface area contributed by atoms with Gasteiger partial charge in [0.05, 0.1) is 18.6 Å². The highest BCUT2D eigenvalue weighted by molar-refractivity contribution is 8.00. The number of hydrogen-bond donors (Lipinski definition) is 2. The van der Waals surface area contributed by atoms with Crippen LogP contribution >= 0.6 is 11.8 Å². The molecule has 4 nitrogen and oxygen atoms in total. The fraction of sp³-hybridized carbons (Fsp3) is 0.214. The van der Waals surface area contributed by atoms with Gasteiger partial charge < -0.3 is 15.5 Å². The third-order valence-electron chi connectivity index (χ3n) is 2.68. The van der Waals surface area contributed by atoms with Crippen LogP contribution in [0.2, 0.25) is 0 Å². The summed E-state index contributed by atoms with van der Waals surface area (Å²) in [5, 5.41) is 2.80. The smallest absolute Gasteiger partial charge is 0.230 e. The van der Waals surface area contributed by atoms with Gasteiger partial charge in [0.15, 0.2) is 0 Å². The van der Waals surface area contributed by atoms with E-state index >= 15 is 0 Å². The van der Waals surface area contributed by atoms with E-state index < -0.39 is 0 Å². The van der Waals surface area contributed by atoms with Crippen LogP contribution in [0.3, 0.4) is 0 Å². The first-order valence-electron chi connectivity index (χ1n) is 5.94. The van der Waals surface area contributed by atoms with Gasteiger partial charge in [-0.1, -0.05) is 12.1 Å². The lowest BCUT2D eigenvalue weighted by atomic mass is 10.2. The summed E-state index contributed by atoms with van der Waals surface area (Å²) < 4.78 is 5.14. The Morgan fingerprint density at radius 2 is 2.21 bits per heavy atom. The molecule has 0 bridgehead atoms. The second-order valence-corrected chi connectivity index (χ2v) is 5.15. The van der Waals surface area contributed by atoms with Crippen LogP contribution < -0.4 is 11.1 Å². The molecule has 1 amide bonds. The molecule has 1 heterocycles. The zero-order chi connectivity index (χ0) is 13.7. The van der Waals surface area contributed by atoms with Gasteiger partial charge in [-0.05, 0) is 30.7 Å². The highest BCUT2D eigenvalue weighted by Crippen LogP contribution is 2.27. The molecule has 19 heavy (non-hydrogen) atoms. The van der Waals surface area contributed by atoms with E-state index in [2.05, 4.69) is 5.32 Å². The van der Waals surface area contributed by atoms with E-state index in [9.17, 15) is 4.79 Å². The molecule has 0 saturated carbocycles. The molecule has 0 unspecified atom stereocenters. The molecule has 0 aliphatic carbocycles. The van der Waals surface area contributed by atoms with E-state index in [0.29, 0.717) is 12.3 Å². The molecular formula is C14H16N2O2S. The summed E-state index contributed by atoms with van der Waals surface area (Å²) in [6, 6.07) is 9.44. The van der Waals surface area contributed by atoms with E-state index in [0.717, 1.165) is 21.9 Å². The molecule has 0 spiro atoms. The maximum absolute atomic E-state index is 11.7. The maximum Gasteiger partial charge on any atom is 0.230 e. The number of nitrogen functional groups attached to an aromatic ring is 1. The predicted molar refractivity (Wildman–Crippen MR) is 76.9 cm³/mol. The minimum Gasteiger partial charge on any atom is -0.467 e. The summed E-state index contributed by atoms with van der Waals surface area (Å²) in [7, 11) is 0. The number of benzene rings is 1. The number of rotatable bonds is 5. The Labute approximate surface area is 116 Å². The van der Waals surface area contributed by atoms with Crippen LogP contribution in [0.1, 0.15) is 11.3 Å². The fourth-order valence-electron chi connectivity index (χ4n) is 1.57. The van der Waals surface area contributed by atoms with Gasteiger partial charge in [0.25, 0.3) is 0 Å². The minimum absolute atomic E-state index is 0.0395. The van der Waals surface area contributed by atoms with Crippen LogP contribution in [-0.2, 0) is 11.3 Å². The van der Waals surface area contributed by atoms with Crippen molar-refractivity contribution < 1.29 is 9.21 Å². The molecule has 3 N–H and O–H groups in total. The molecule has 100 valence electrons. The SMILES string of the molecule is Cc1cccc(SCC(=O)NCc2ccco2)c1N. The number of aryl methyl sites for hydroxylation is 1. The molecule has 0 aliphatic rings. The number of hydrogen-bond acceptors (Lipinski definition) is 4. The van der Waals surface area contributed by atoms with Crippen molar-refractivity contribution in [2.75, 3.05) is 11.5 Å². The van der Waals surface area contributed by atoms with Gasteiger partial charge in [-0.25, -0.2) is 0 Å². The number of nitrogens with two attached hydrogens (primary N) is 1. The Hall–Kier alpha value is -1.88. The summed E-state index contributed by atoms with van der Waals surface area (Å²) in [6.45, 7) is 2.37. The Morgan fingerprint density at radius 3 is 2.95 bits per heavy atom. The Balaban J connectivity index is 1.81. The lowest BCUT2D eigenvalue weighted by Crippen LogP contribution is -2.24. The van der Waals surface area contributed by atoms with Gasteiger partial charge in [0.1, 0.15) is 5.76 Å². The standard InChI is InChI=1S/C14H16N2O2S/c1-10-4-2-6-12(14(10)15)19-9-13(17)16-8-11-5-3-7-18-11/h2-7H,8-9,15H2,1H3,(H,16,17). The van der Waals surface area contributed by atoms with Gasteiger partial charge in [-0.2, -0.15) is 0 Å². The quantitative estimate of drug-likeness (QED) is 0.650. The second-order valence-electron chi connectivity index (χ2n) is 4.13. The number of thioether (sulfide) groups is 1. The van der Waals surface area contributed by atoms with E-state index in [-0.39, 0.29) is 5.91 Å². The van der Waals surface area contributed by atoms with E-state index in [4.69, 9.17) is 10.2 Å². The van der Waals surface area contributed by atoms with Gasteiger partial charge in [-0.15, -0.1) is 11.8 Å². The largest absolute Gasteiger partial charge is 0.467 e. The second kappa shape index (κ2) is 6.33. The molecule has 2 rings (SSSR count). The number of amides is 1. The molecule has 5 heteroatoms. The van der Waals surface area contributed by atoms with Crippen molar-refractivity contribution in [3.05, 3.63) is 47.9 Å². The molecule has 0 radical (unpaired) electrons. The molecule has 1 aromatic carbocycles. The average molecular weight is 276 g/mol. The normalized spacial score (nSPS) is 10.4. The fourth-order valence-corrected chi connectivity index (χ4v) is 2.45. The summed E-state index contributed by atoms with van der Waals surface area (Å²) in [5.41, 5.74) is 7.72. The zero-order valence-corrected chi connectivity index (χ0v) is 11.5. The van der Waals surface area contributed by atoms with Crippen molar-refractivity contribution in [1.29, 1.82) is 0 Å². The molecule has 2 aromatic rings. The van der Waals surface area contributed by atoms with Gasteiger partial charge in [-0.3, -0.25) is 4.79 Å². The first-order chi connectivity index (χ1) is 9.16. The maximum atomic E-state index is 11.7. The van der Waals surface area contributed by atoms with E-state index in [1.54, 1.807) is 12.3 Å². The lowest BCUT2D eigenvalue weighted by molar-refractivity contribution is -0.118. The molecule has 1 aromatic heterocycles. The number of para-hydroxylation sites is 1. The minimum atomic E-state index is -0.0395. The average Bonchev–Trinajstić information content (AvgIpc) is 2.91. The lowest BCUT2D eigenvalue weighted by Gasteiger charge is -2.07. The molecule has 0 atom stereocenters. The summed E-state index contributed by atoms with van der Waals surface area (Å²) in [6.07, 6.45) is 1.59. The number of carbonyl (C=O) groups is 1. The number of anilines is 1. The third kappa shape index (κ3) is 3.79. The molecular weight excluding hydrogens is 260 g/mol. The summed E-state index contributed by atoms with van der Waals surface area (Å²) in [4.78, 5) is 12.6. The first kappa shape index (κ1) is 13.5. The van der Waals surface area contributed by atoms with E-state index in [1.165, 1.54) is 11.8 Å². The Bertz CT molecular complexity index is 553. The number of nitrogens with one attached hydrogen (secondary N) is 1. The van der Waals surface area contributed by atoms with Crippen LogP contribution in [0.4, 0.5) is 5.69 Å². The Morgan fingerprint density at radius 1 is 1.37 bits per heavy atom. The molecule has 0 aliphatic heterocycles. The van der Waals surface area contributed by atoms with Crippen molar-refractivity contribution in [2.24, 2.45) is 0 Å². The highest BCUT2D eigenvalue weighted by atomic mass is 32.2. The van der Waals surface area contributed by atoms with Gasteiger partial charge in [0, 0.05) is 10.6 Å². The number of carbonyl (C=O) groups excluding carboxylic acids is 1. The highest BCUT2D eigenvalue weighted by Gasteiger charge is 2.07. The van der Waals surface area contributed by atoms with E-state index in [1.807, 2.05) is 31.2 Å². The monoisotopic (exact) mass is 276 g/mol. The van der Waals surface area contributed by atoms with Crippen molar-refractivity contribution in [2.45, 2.75) is 18.4 Å². The predicted octanol–water partition coefficient (Wildman–Crippen LogP) is 2.58. The zero-order valence-electron chi connectivity index (χ0n) is 10.7. The van der Waals surface area contributed by atoms with Crippen LogP contribution in [0.25, 0.3) is 0 Å². The third-order valence-corrected chi connectivity index (χ3v) is 3.76. The van der Waals surface area contributed by atoms with Gasteiger partial charge >= 0.3 is 0 Å². The van der Waals surface area contributed by atoms with Crippen LogP contribution in [0.15, 0.2) is 45.9 Å². The van der Waals surface area contributed by atoms with Crippen molar-refractivity contribution in [1.82, 2.24) is 5.32 Å². The van der Waals surface area contributed by atoms with Crippen molar-refractivity contribution in [3.8, 4) is 0 Å². The van der Waals surface area contributed by atoms with Gasteiger partial charge in [0.2, 0.25) is 5.91 Å².